The van der Waals surface area contributed by atoms with Gasteiger partial charge in [0.15, 0.2) is 5.13 Å². The molecule has 0 bridgehead atoms. The highest BCUT2D eigenvalue weighted by atomic mass is 32.1. The molecular weight excluding hydrogens is 230 g/mol. The van der Waals surface area contributed by atoms with Crippen LogP contribution in [0.1, 0.15) is 19.8 Å². The van der Waals surface area contributed by atoms with Gasteiger partial charge in [0.05, 0.1) is 10.6 Å². The number of aryl methyl sites for hydroxylation is 1. The maximum atomic E-state index is 13.4. The van der Waals surface area contributed by atoms with Crippen LogP contribution in [-0.4, -0.2) is 9.78 Å². The molecule has 2 aromatic rings. The summed E-state index contributed by atoms with van der Waals surface area (Å²) in [5.41, 5.74) is 0.653. The van der Waals surface area contributed by atoms with E-state index in [2.05, 4.69) is 12.0 Å². The van der Waals surface area contributed by atoms with E-state index in [-0.39, 0.29) is 0 Å². The molecule has 0 fully saturated rings. The Bertz CT molecular complexity index is 476. The van der Waals surface area contributed by atoms with Crippen molar-refractivity contribution in [3.63, 3.8) is 0 Å². The molecule has 0 radical (unpaired) electrons. The molecule has 0 aliphatic rings. The van der Waals surface area contributed by atoms with Crippen molar-refractivity contribution in [1.29, 1.82) is 0 Å². The van der Waals surface area contributed by atoms with E-state index >= 15 is 0 Å². The van der Waals surface area contributed by atoms with Crippen molar-refractivity contribution in [3.8, 4) is 10.6 Å². The average Bonchev–Trinajstić information content (AvgIpc) is 2.81. The second kappa shape index (κ2) is 4.74. The van der Waals surface area contributed by atoms with Gasteiger partial charge in [-0.15, -0.1) is 11.3 Å². The van der Waals surface area contributed by atoms with Crippen molar-refractivity contribution < 1.29 is 8.78 Å². The monoisotopic (exact) mass is 242 g/mol. The second-order valence-corrected chi connectivity index (χ2v) is 4.52. The molecule has 2 nitrogen and oxygen atoms in total. The third kappa shape index (κ3) is 2.14. The van der Waals surface area contributed by atoms with Gasteiger partial charge in [0.1, 0.15) is 5.82 Å². The summed E-state index contributed by atoms with van der Waals surface area (Å²) < 4.78 is 28.0. The largest absolute Gasteiger partial charge is 0.264 e. The number of nitrogens with zero attached hydrogens (tertiary/aromatic N) is 2. The van der Waals surface area contributed by atoms with Crippen molar-refractivity contribution in [2.24, 2.45) is 0 Å². The lowest BCUT2D eigenvalue weighted by molar-refractivity contribution is 0.573. The van der Waals surface area contributed by atoms with Crippen LogP contribution in [0.3, 0.4) is 0 Å². The highest BCUT2D eigenvalue weighted by Crippen LogP contribution is 2.30. The number of unbranched alkanes of at least 4 members (excludes halogenated alkanes) is 1. The fourth-order valence-electron chi connectivity index (χ4n) is 1.53. The molecule has 0 N–H and O–H groups in total. The fourth-order valence-corrected chi connectivity index (χ4v) is 2.32. The molecule has 0 unspecified atom stereocenters. The zero-order valence-corrected chi connectivity index (χ0v) is 9.73. The molecule has 0 aromatic carbocycles. The molecule has 5 heteroatoms. The molecule has 0 amide bonds. The van der Waals surface area contributed by atoms with E-state index in [1.54, 1.807) is 16.9 Å². The molecule has 2 heterocycles. The Kier molecular flexibility index (Phi) is 3.33. The fraction of sp³-hybridized carbons (Fsp3) is 0.364. The zero-order valence-electron chi connectivity index (χ0n) is 8.91. The summed E-state index contributed by atoms with van der Waals surface area (Å²) in [7, 11) is 0. The van der Waals surface area contributed by atoms with Crippen molar-refractivity contribution in [2.45, 2.75) is 26.3 Å². The Morgan fingerprint density at radius 3 is 2.88 bits per heavy atom. The van der Waals surface area contributed by atoms with Gasteiger partial charge < -0.3 is 0 Å². The maximum Gasteiger partial charge on any atom is 0.180 e. The maximum absolute atomic E-state index is 13.4. The summed E-state index contributed by atoms with van der Waals surface area (Å²) in [6.07, 6.45) is 3.63. The third-order valence-electron chi connectivity index (χ3n) is 2.33. The molecule has 0 atom stereocenters. The second-order valence-electron chi connectivity index (χ2n) is 3.52. The van der Waals surface area contributed by atoms with Gasteiger partial charge in [-0.1, -0.05) is 13.3 Å². The normalized spacial score (nSPS) is 10.9. The molecule has 0 aliphatic heterocycles. The number of hydrogen-bond acceptors (Lipinski definition) is 2. The Morgan fingerprint density at radius 2 is 2.25 bits per heavy atom. The van der Waals surface area contributed by atoms with Gasteiger partial charge in [-0.3, -0.25) is 4.68 Å². The Labute approximate surface area is 96.5 Å². The van der Waals surface area contributed by atoms with Crippen LogP contribution < -0.4 is 0 Å². The summed E-state index contributed by atoms with van der Waals surface area (Å²) in [4.78, 5) is 0.325. The summed E-state index contributed by atoms with van der Waals surface area (Å²) in [5.74, 6) is -0.513. The van der Waals surface area contributed by atoms with Crippen LogP contribution in [0.5, 0.6) is 0 Å². The Hall–Kier alpha value is -1.23. The van der Waals surface area contributed by atoms with Crippen LogP contribution in [0.15, 0.2) is 18.3 Å². The summed E-state index contributed by atoms with van der Waals surface area (Å²) in [6, 6.07) is 2.63. The molecule has 2 rings (SSSR count). The minimum atomic E-state index is -0.513. The first-order valence-electron chi connectivity index (χ1n) is 5.19. The lowest BCUT2D eigenvalue weighted by Crippen LogP contribution is -2.01. The lowest BCUT2D eigenvalue weighted by Gasteiger charge is -2.04. The number of halogens is 2. The van der Waals surface area contributed by atoms with Crippen LogP contribution in [-0.2, 0) is 6.54 Å². The summed E-state index contributed by atoms with van der Waals surface area (Å²) in [6.45, 7) is 2.81. The Balaban J connectivity index is 2.33. The first kappa shape index (κ1) is 11.3. The highest BCUT2D eigenvalue weighted by Gasteiger charge is 2.14. The third-order valence-corrected chi connectivity index (χ3v) is 3.25. The van der Waals surface area contributed by atoms with Crippen molar-refractivity contribution in [1.82, 2.24) is 9.78 Å². The van der Waals surface area contributed by atoms with Crippen LogP contribution in [0.2, 0.25) is 0 Å². The lowest BCUT2D eigenvalue weighted by atomic mass is 10.3. The van der Waals surface area contributed by atoms with Crippen molar-refractivity contribution >= 4 is 11.3 Å². The highest BCUT2D eigenvalue weighted by molar-refractivity contribution is 7.13. The van der Waals surface area contributed by atoms with E-state index in [1.807, 2.05) is 0 Å². The Morgan fingerprint density at radius 1 is 1.44 bits per heavy atom. The number of thiophene rings is 1. The van der Waals surface area contributed by atoms with E-state index in [0.29, 0.717) is 10.6 Å². The van der Waals surface area contributed by atoms with E-state index in [0.717, 1.165) is 36.8 Å². The van der Waals surface area contributed by atoms with Crippen LogP contribution in [0, 0.1) is 10.9 Å². The van der Waals surface area contributed by atoms with Crippen LogP contribution in [0.4, 0.5) is 8.78 Å². The first-order valence-corrected chi connectivity index (χ1v) is 6.01. The molecular formula is C11H12F2N2S. The van der Waals surface area contributed by atoms with E-state index in [9.17, 15) is 8.78 Å². The number of rotatable bonds is 4. The van der Waals surface area contributed by atoms with Gasteiger partial charge in [-0.25, -0.2) is 4.39 Å². The molecule has 2 aromatic heterocycles. The van der Waals surface area contributed by atoms with Gasteiger partial charge in [-0.05, 0) is 12.5 Å². The van der Waals surface area contributed by atoms with Crippen molar-refractivity contribution in [3.05, 3.63) is 29.3 Å². The van der Waals surface area contributed by atoms with Crippen LogP contribution >= 0.6 is 11.3 Å². The van der Waals surface area contributed by atoms with E-state index in [4.69, 9.17) is 0 Å². The van der Waals surface area contributed by atoms with Gasteiger partial charge in [0.2, 0.25) is 0 Å². The quantitative estimate of drug-likeness (QED) is 0.799. The minimum Gasteiger partial charge on any atom is -0.264 e. The van der Waals surface area contributed by atoms with E-state index in [1.165, 1.54) is 0 Å². The topological polar surface area (TPSA) is 17.8 Å². The zero-order chi connectivity index (χ0) is 11.5. The summed E-state index contributed by atoms with van der Waals surface area (Å²) in [5, 5.41) is 3.61. The van der Waals surface area contributed by atoms with Gasteiger partial charge in [0.25, 0.3) is 0 Å². The smallest absolute Gasteiger partial charge is 0.180 e. The molecule has 0 aliphatic carbocycles. The van der Waals surface area contributed by atoms with Crippen LogP contribution in [0.25, 0.3) is 10.6 Å². The van der Waals surface area contributed by atoms with Gasteiger partial charge >= 0.3 is 0 Å². The van der Waals surface area contributed by atoms with Gasteiger partial charge in [-0.2, -0.15) is 9.49 Å². The minimum absolute atomic E-state index is 0.325. The predicted molar refractivity (Wildman–Crippen MR) is 60.4 cm³/mol. The molecule has 0 saturated heterocycles. The number of hydrogen-bond donors (Lipinski definition) is 0. The molecule has 86 valence electrons. The SMILES string of the molecule is CCCCn1nccc1-c1sc(F)cc1F. The summed E-state index contributed by atoms with van der Waals surface area (Å²) >= 11 is 0.817. The number of aromatic nitrogens is 2. The standard InChI is InChI=1S/C11H12F2N2S/c1-2-3-6-15-9(4-5-14-15)11-8(12)7-10(13)16-11/h4-5,7H,2-3,6H2,1H3. The molecule has 16 heavy (non-hydrogen) atoms. The molecule has 0 spiro atoms. The first-order chi connectivity index (χ1) is 7.72. The predicted octanol–water partition coefficient (Wildman–Crippen LogP) is 3.69. The van der Waals surface area contributed by atoms with Gasteiger partial charge in [0, 0.05) is 18.8 Å². The van der Waals surface area contributed by atoms with E-state index < -0.39 is 10.9 Å². The average molecular weight is 242 g/mol. The van der Waals surface area contributed by atoms with Crippen molar-refractivity contribution in [2.75, 3.05) is 0 Å². The molecule has 0 saturated carbocycles.